The first-order valence-electron chi connectivity index (χ1n) is 19.1. The first kappa shape index (κ1) is 39.5. The molecular weight excluding hydrogens is 889 g/mol. The van der Waals surface area contributed by atoms with E-state index in [1.165, 1.54) is 44.1 Å². The van der Waals surface area contributed by atoms with Crippen molar-refractivity contribution >= 4 is 35.2 Å². The fourth-order valence-electron chi connectivity index (χ4n) is 7.52. The minimum absolute atomic E-state index is 0. The Morgan fingerprint density at radius 2 is 1.12 bits per heavy atom. The molecule has 0 amide bonds. The average Bonchev–Trinajstić information content (AvgIpc) is 3.60. The van der Waals surface area contributed by atoms with E-state index in [2.05, 4.69) is 180 Å². The van der Waals surface area contributed by atoms with Gasteiger partial charge in [-0.15, -0.1) is 47.5 Å². The molecule has 3 aromatic heterocycles. The Labute approximate surface area is 350 Å². The normalized spacial score (nSPS) is 11.2. The van der Waals surface area contributed by atoms with Gasteiger partial charge in [0.1, 0.15) is 5.58 Å². The Hall–Kier alpha value is -5.71. The molecule has 3 nitrogen and oxygen atoms in total. The third-order valence-electron chi connectivity index (χ3n) is 10.4. The van der Waals surface area contributed by atoms with Crippen LogP contribution in [0.15, 0.2) is 162 Å². The van der Waals surface area contributed by atoms with E-state index in [1.807, 2.05) is 30.5 Å². The number of hydrogen-bond acceptors (Lipinski definition) is 3. The Morgan fingerprint density at radius 3 is 1.74 bits per heavy atom. The first-order valence-corrected chi connectivity index (χ1v) is 22.6. The SMILES string of the molecule is Cc1cc(-c2[c-]ccc3c2oc2cc(-c4ccccc4)ccc23)ncc1-c1ccccc1.Cc1cc(-c2cc(C)c([Si](C)(C)C)cn2)[c-]cc1-c1ccccc1.[Ir]. The van der Waals surface area contributed by atoms with Gasteiger partial charge in [-0.3, -0.25) is 0 Å². The topological polar surface area (TPSA) is 38.9 Å². The summed E-state index contributed by atoms with van der Waals surface area (Å²) >= 11 is 0. The minimum atomic E-state index is -1.34. The van der Waals surface area contributed by atoms with Gasteiger partial charge < -0.3 is 14.4 Å². The summed E-state index contributed by atoms with van der Waals surface area (Å²) in [6.07, 6.45) is 4.02. The predicted octanol–water partition coefficient (Wildman–Crippen LogP) is 13.5. The molecule has 0 fully saturated rings. The van der Waals surface area contributed by atoms with Gasteiger partial charge in [-0.1, -0.05) is 169 Å². The smallest absolute Gasteiger partial charge is 0.121 e. The molecule has 0 saturated heterocycles. The van der Waals surface area contributed by atoms with Crippen molar-refractivity contribution in [2.45, 2.75) is 40.4 Å². The third kappa shape index (κ3) is 8.38. The molecule has 6 aromatic carbocycles. The van der Waals surface area contributed by atoms with Gasteiger partial charge in [-0.05, 0) is 58.7 Å². The van der Waals surface area contributed by atoms with Crippen molar-refractivity contribution in [3.05, 3.63) is 187 Å². The third-order valence-corrected chi connectivity index (χ3v) is 12.6. The Morgan fingerprint density at radius 1 is 0.526 bits per heavy atom. The van der Waals surface area contributed by atoms with Gasteiger partial charge in [0.25, 0.3) is 0 Å². The van der Waals surface area contributed by atoms with E-state index in [1.54, 1.807) is 0 Å². The number of nitrogens with zero attached hydrogens (tertiary/aromatic N) is 2. The number of pyridine rings is 2. The molecule has 9 rings (SSSR count). The van der Waals surface area contributed by atoms with Crippen LogP contribution in [0.3, 0.4) is 0 Å². The second-order valence-corrected chi connectivity index (χ2v) is 20.5. The molecule has 0 atom stereocenters. The van der Waals surface area contributed by atoms with Gasteiger partial charge in [-0.2, -0.15) is 0 Å². The summed E-state index contributed by atoms with van der Waals surface area (Å²) in [5, 5.41) is 3.62. The van der Waals surface area contributed by atoms with Crippen LogP contribution in [-0.4, -0.2) is 18.0 Å². The summed E-state index contributed by atoms with van der Waals surface area (Å²) in [5.74, 6) is 0. The van der Waals surface area contributed by atoms with Gasteiger partial charge in [0.2, 0.25) is 0 Å². The maximum atomic E-state index is 6.38. The molecular formula is C52H44IrN2OSi-2. The monoisotopic (exact) mass is 933 g/mol. The van der Waals surface area contributed by atoms with Gasteiger partial charge in [0.05, 0.1) is 13.7 Å². The van der Waals surface area contributed by atoms with Crippen molar-refractivity contribution in [2.24, 2.45) is 0 Å². The summed E-state index contributed by atoms with van der Waals surface area (Å²) in [7, 11) is -1.34. The van der Waals surface area contributed by atoms with Crippen molar-refractivity contribution in [1.29, 1.82) is 0 Å². The molecule has 0 aliphatic rings. The maximum absolute atomic E-state index is 6.38. The summed E-state index contributed by atoms with van der Waals surface area (Å²) in [6, 6.07) is 57.0. The maximum Gasteiger partial charge on any atom is 0.121 e. The molecule has 0 saturated carbocycles. The number of aromatic nitrogens is 2. The fraction of sp³-hybridized carbons (Fsp3) is 0.115. The van der Waals surface area contributed by atoms with Crippen molar-refractivity contribution in [1.82, 2.24) is 9.97 Å². The Balaban J connectivity index is 0.000000179. The first-order chi connectivity index (χ1) is 27.1. The Bertz CT molecular complexity index is 2810. The number of hydrogen-bond donors (Lipinski definition) is 0. The molecule has 57 heavy (non-hydrogen) atoms. The molecule has 5 heteroatoms. The van der Waals surface area contributed by atoms with E-state index in [0.29, 0.717) is 0 Å². The van der Waals surface area contributed by atoms with Crippen molar-refractivity contribution in [2.75, 3.05) is 0 Å². The molecule has 0 aliphatic heterocycles. The second kappa shape index (κ2) is 16.8. The second-order valence-electron chi connectivity index (χ2n) is 15.5. The number of benzene rings is 6. The molecule has 9 aromatic rings. The van der Waals surface area contributed by atoms with Crippen LogP contribution in [-0.2, 0) is 20.1 Å². The molecule has 0 bridgehead atoms. The van der Waals surface area contributed by atoms with Crippen LogP contribution in [0.5, 0.6) is 0 Å². The standard InChI is InChI=1S/C30H20NO.C22H24NSi.Ir/c1-20-17-28(31-19-27(20)22-11-6-3-7-12-22)26-14-8-13-25-24-16-15-23(18-29(24)32-30(25)26)21-9-4-2-5-10-21;1-16-13-19(11-12-20(16)18-9-7-6-8-10-18)21-14-17(2)22(15-23-21)24(3,4)5;/h2-13,15-19H,1H3;6-10,12-15H,1-5H3;/q2*-1;. The summed E-state index contributed by atoms with van der Waals surface area (Å²) < 4.78 is 6.38. The van der Waals surface area contributed by atoms with Crippen LogP contribution in [0, 0.1) is 32.9 Å². The largest absolute Gasteiger partial charge is 0.501 e. The molecule has 0 aliphatic carbocycles. The van der Waals surface area contributed by atoms with Crippen molar-refractivity contribution in [3.8, 4) is 55.9 Å². The number of furan rings is 1. The van der Waals surface area contributed by atoms with Crippen LogP contribution < -0.4 is 5.19 Å². The van der Waals surface area contributed by atoms with Crippen LogP contribution in [0.2, 0.25) is 19.6 Å². The number of fused-ring (bicyclic) bond motifs is 3. The average molecular weight is 933 g/mol. The van der Waals surface area contributed by atoms with Crippen LogP contribution >= 0.6 is 0 Å². The van der Waals surface area contributed by atoms with Crippen molar-refractivity contribution < 1.29 is 24.5 Å². The zero-order valence-electron chi connectivity index (χ0n) is 33.1. The zero-order chi connectivity index (χ0) is 38.8. The molecule has 0 spiro atoms. The predicted molar refractivity (Wildman–Crippen MR) is 238 cm³/mol. The van der Waals surface area contributed by atoms with Crippen LogP contribution in [0.4, 0.5) is 0 Å². The number of rotatable bonds is 6. The van der Waals surface area contributed by atoms with Gasteiger partial charge in [-0.25, -0.2) is 0 Å². The van der Waals surface area contributed by atoms with E-state index in [-0.39, 0.29) is 20.1 Å². The summed E-state index contributed by atoms with van der Waals surface area (Å²) in [6.45, 7) is 13.6. The quantitative estimate of drug-likeness (QED) is 0.123. The van der Waals surface area contributed by atoms with E-state index in [0.717, 1.165) is 55.6 Å². The molecule has 283 valence electrons. The van der Waals surface area contributed by atoms with E-state index < -0.39 is 8.07 Å². The van der Waals surface area contributed by atoms with Gasteiger partial charge >= 0.3 is 0 Å². The van der Waals surface area contributed by atoms with E-state index in [9.17, 15) is 0 Å². The summed E-state index contributed by atoms with van der Waals surface area (Å²) in [5.41, 5.74) is 16.4. The summed E-state index contributed by atoms with van der Waals surface area (Å²) in [4.78, 5) is 9.50. The molecule has 3 heterocycles. The number of aryl methyl sites for hydroxylation is 3. The van der Waals surface area contributed by atoms with Crippen LogP contribution in [0.1, 0.15) is 16.7 Å². The Kier molecular flexibility index (Phi) is 11.6. The minimum Gasteiger partial charge on any atom is -0.501 e. The van der Waals surface area contributed by atoms with Gasteiger partial charge in [0.15, 0.2) is 0 Å². The molecule has 0 unspecified atom stereocenters. The fourth-order valence-corrected chi connectivity index (χ4v) is 9.23. The zero-order valence-corrected chi connectivity index (χ0v) is 36.5. The van der Waals surface area contributed by atoms with Gasteiger partial charge in [0, 0.05) is 43.4 Å². The van der Waals surface area contributed by atoms with Crippen LogP contribution in [0.25, 0.3) is 77.8 Å². The molecule has 0 N–H and O–H groups in total. The van der Waals surface area contributed by atoms with Crippen molar-refractivity contribution in [3.63, 3.8) is 0 Å². The van der Waals surface area contributed by atoms with E-state index in [4.69, 9.17) is 14.4 Å². The molecule has 1 radical (unpaired) electrons. The van der Waals surface area contributed by atoms with E-state index >= 15 is 0 Å².